The van der Waals surface area contributed by atoms with E-state index in [4.69, 9.17) is 32.7 Å². The van der Waals surface area contributed by atoms with Crippen molar-refractivity contribution in [3.05, 3.63) is 57.2 Å². The van der Waals surface area contributed by atoms with Crippen molar-refractivity contribution in [2.75, 3.05) is 18.4 Å². The fourth-order valence-electron chi connectivity index (χ4n) is 4.99. The number of esters is 1. The van der Waals surface area contributed by atoms with Gasteiger partial charge in [-0.15, -0.1) is 0 Å². The molecule has 1 aliphatic rings. The third-order valence-electron chi connectivity index (χ3n) is 6.57. The van der Waals surface area contributed by atoms with Crippen LogP contribution in [0.3, 0.4) is 0 Å². The number of amides is 1. The maximum absolute atomic E-state index is 15.5. The zero-order valence-electron chi connectivity index (χ0n) is 24.1. The number of benzene rings is 2. The van der Waals surface area contributed by atoms with Crippen LogP contribution in [-0.4, -0.2) is 51.0 Å². The Kier molecular flexibility index (Phi) is 8.23. The number of hydrogen-bond donors (Lipinski definition) is 1. The Morgan fingerprint density at radius 1 is 1.05 bits per heavy atom. The normalized spacial score (nSPS) is 17.7. The predicted octanol–water partition coefficient (Wildman–Crippen LogP) is 7.22. The van der Waals surface area contributed by atoms with Crippen LogP contribution in [0.15, 0.2) is 24.3 Å². The Morgan fingerprint density at radius 2 is 1.71 bits per heavy atom. The fraction of sp³-hybridized carbons (Fsp3) is 0.483. The molecule has 0 spiro atoms. The van der Waals surface area contributed by atoms with Crippen molar-refractivity contribution in [2.24, 2.45) is 0 Å². The van der Waals surface area contributed by atoms with E-state index >= 15 is 8.78 Å². The Labute approximate surface area is 247 Å². The number of ether oxygens (including phenoxy) is 2. The number of fused-ring (bicyclic) bond motifs is 1. The van der Waals surface area contributed by atoms with Crippen LogP contribution >= 0.6 is 23.2 Å². The topological polar surface area (TPSA) is 85.7 Å². The number of halogens is 4. The van der Waals surface area contributed by atoms with Crippen molar-refractivity contribution >= 4 is 51.9 Å². The fourth-order valence-corrected chi connectivity index (χ4v) is 5.48. The van der Waals surface area contributed by atoms with Crippen LogP contribution in [0.2, 0.25) is 10.0 Å². The van der Waals surface area contributed by atoms with Gasteiger partial charge in [0.1, 0.15) is 29.4 Å². The minimum Gasteiger partial charge on any atom is -0.459 e. The standard InChI is InChI=1S/C29H34Cl2F2N4O4/c1-16-23-20(33)12-17(13-21(23)35-37(16)14-22(38)40-27(2,3)4)34-29(24-19(32)9-8-18(30)25(24)31)10-11-36(15-29)26(39)41-28(5,6)7/h8-9,12-13,34H,10-11,14-15H2,1-7H3. The van der Waals surface area contributed by atoms with Gasteiger partial charge in [0, 0.05) is 23.5 Å². The van der Waals surface area contributed by atoms with Crippen molar-refractivity contribution in [1.29, 1.82) is 0 Å². The maximum Gasteiger partial charge on any atom is 0.410 e. The van der Waals surface area contributed by atoms with Crippen LogP contribution in [0.4, 0.5) is 19.3 Å². The summed E-state index contributed by atoms with van der Waals surface area (Å²) < 4.78 is 43.2. The molecule has 1 saturated heterocycles. The van der Waals surface area contributed by atoms with E-state index in [-0.39, 0.29) is 58.3 Å². The summed E-state index contributed by atoms with van der Waals surface area (Å²) in [4.78, 5) is 26.8. The monoisotopic (exact) mass is 610 g/mol. The number of carbonyl (C=O) groups excluding carboxylic acids is 2. The molecule has 1 aromatic heterocycles. The van der Waals surface area contributed by atoms with E-state index in [9.17, 15) is 9.59 Å². The number of nitrogens with zero attached hydrogens (tertiary/aromatic N) is 3. The van der Waals surface area contributed by atoms with Gasteiger partial charge in [0.25, 0.3) is 0 Å². The average molecular weight is 612 g/mol. The van der Waals surface area contributed by atoms with Crippen molar-refractivity contribution < 1.29 is 27.8 Å². The maximum atomic E-state index is 15.5. The van der Waals surface area contributed by atoms with E-state index < -0.39 is 40.4 Å². The van der Waals surface area contributed by atoms with Crippen LogP contribution in [-0.2, 0) is 26.4 Å². The molecule has 0 radical (unpaired) electrons. The highest BCUT2D eigenvalue weighted by Gasteiger charge is 2.46. The van der Waals surface area contributed by atoms with Crippen molar-refractivity contribution in [1.82, 2.24) is 14.7 Å². The van der Waals surface area contributed by atoms with Crippen molar-refractivity contribution in [3.63, 3.8) is 0 Å². The van der Waals surface area contributed by atoms with Gasteiger partial charge in [-0.1, -0.05) is 23.2 Å². The first-order chi connectivity index (χ1) is 18.9. The second kappa shape index (κ2) is 10.9. The molecular formula is C29H34Cl2F2N4O4. The van der Waals surface area contributed by atoms with E-state index in [1.165, 1.54) is 27.8 Å². The van der Waals surface area contributed by atoms with E-state index in [2.05, 4.69) is 10.4 Å². The minimum absolute atomic E-state index is 0.00996. The molecule has 4 rings (SSSR count). The largest absolute Gasteiger partial charge is 0.459 e. The summed E-state index contributed by atoms with van der Waals surface area (Å²) in [7, 11) is 0. The second-order valence-electron chi connectivity index (χ2n) is 12.3. The van der Waals surface area contributed by atoms with Crippen molar-refractivity contribution in [2.45, 2.75) is 78.2 Å². The highest BCUT2D eigenvalue weighted by molar-refractivity contribution is 6.42. The highest BCUT2D eigenvalue weighted by atomic mass is 35.5. The first kappa shape index (κ1) is 30.8. The van der Waals surface area contributed by atoms with Gasteiger partial charge in [0.2, 0.25) is 0 Å². The third-order valence-corrected chi connectivity index (χ3v) is 7.38. The SMILES string of the molecule is Cc1c2c(F)cc(NC3(c4c(F)ccc(Cl)c4Cl)CCN(C(=O)OC(C)(C)C)C3)cc2nn1CC(=O)OC(C)(C)C. The Morgan fingerprint density at radius 3 is 2.34 bits per heavy atom. The molecule has 222 valence electrons. The summed E-state index contributed by atoms with van der Waals surface area (Å²) in [5.74, 6) is -1.73. The average Bonchev–Trinajstić information content (AvgIpc) is 3.36. The summed E-state index contributed by atoms with van der Waals surface area (Å²) in [6.45, 7) is 12.2. The number of rotatable bonds is 5. The molecule has 2 aromatic carbocycles. The third kappa shape index (κ3) is 6.70. The molecule has 1 aliphatic heterocycles. The molecule has 1 unspecified atom stereocenters. The number of likely N-dealkylation sites (tertiary alicyclic amines) is 1. The number of carbonyl (C=O) groups is 2. The molecule has 1 amide bonds. The van der Waals surface area contributed by atoms with Gasteiger partial charge in [-0.05, 0) is 79.2 Å². The lowest BCUT2D eigenvalue weighted by Crippen LogP contribution is -2.42. The van der Waals surface area contributed by atoms with Gasteiger partial charge in [-0.2, -0.15) is 5.10 Å². The predicted molar refractivity (Wildman–Crippen MR) is 154 cm³/mol. The minimum atomic E-state index is -1.27. The van der Waals surface area contributed by atoms with Crippen molar-refractivity contribution in [3.8, 4) is 0 Å². The van der Waals surface area contributed by atoms with E-state index in [0.29, 0.717) is 5.69 Å². The molecule has 2 heterocycles. The zero-order valence-corrected chi connectivity index (χ0v) is 25.6. The van der Waals surface area contributed by atoms with E-state index in [1.54, 1.807) is 54.5 Å². The summed E-state index contributed by atoms with van der Waals surface area (Å²) in [6.07, 6.45) is -0.340. The van der Waals surface area contributed by atoms with Gasteiger partial charge in [-0.25, -0.2) is 13.6 Å². The summed E-state index contributed by atoms with van der Waals surface area (Å²) in [5, 5.41) is 8.05. The van der Waals surface area contributed by atoms with Gasteiger partial charge < -0.3 is 19.7 Å². The van der Waals surface area contributed by atoms with Crippen LogP contribution < -0.4 is 5.32 Å². The molecule has 0 saturated carbocycles. The molecule has 12 heteroatoms. The summed E-state index contributed by atoms with van der Waals surface area (Å²) >= 11 is 12.8. The van der Waals surface area contributed by atoms with E-state index in [1.807, 2.05) is 0 Å². The van der Waals surface area contributed by atoms with E-state index in [0.717, 1.165) is 0 Å². The van der Waals surface area contributed by atoms with Crippen LogP contribution in [0.5, 0.6) is 0 Å². The molecule has 3 aromatic rings. The Hall–Kier alpha value is -3.11. The zero-order chi connectivity index (χ0) is 30.5. The van der Waals surface area contributed by atoms with Gasteiger partial charge in [0.05, 0.1) is 33.0 Å². The first-order valence-corrected chi connectivity index (χ1v) is 13.9. The second-order valence-corrected chi connectivity index (χ2v) is 13.0. The molecule has 0 bridgehead atoms. The molecule has 1 N–H and O–H groups in total. The lowest BCUT2D eigenvalue weighted by atomic mass is 9.87. The molecule has 41 heavy (non-hydrogen) atoms. The molecule has 8 nitrogen and oxygen atoms in total. The molecule has 0 aliphatic carbocycles. The van der Waals surface area contributed by atoms with Gasteiger partial charge in [0.15, 0.2) is 0 Å². The Bertz CT molecular complexity index is 1510. The van der Waals surface area contributed by atoms with Crippen LogP contribution in [0.25, 0.3) is 10.9 Å². The first-order valence-electron chi connectivity index (χ1n) is 13.2. The Balaban J connectivity index is 1.74. The quantitative estimate of drug-likeness (QED) is 0.242. The van der Waals surface area contributed by atoms with Gasteiger partial charge >= 0.3 is 12.1 Å². The number of aromatic nitrogens is 2. The molecule has 1 fully saturated rings. The number of hydrogen-bond acceptors (Lipinski definition) is 6. The number of aryl methyl sites for hydroxylation is 1. The summed E-state index contributed by atoms with van der Waals surface area (Å²) in [5.41, 5.74) is -1.62. The molecular weight excluding hydrogens is 577 g/mol. The number of anilines is 1. The molecule has 1 atom stereocenters. The lowest BCUT2D eigenvalue weighted by Gasteiger charge is -2.34. The number of nitrogens with one attached hydrogen (secondary N) is 1. The smallest absolute Gasteiger partial charge is 0.410 e. The summed E-state index contributed by atoms with van der Waals surface area (Å²) in [6, 6.07) is 5.42. The van der Waals surface area contributed by atoms with Crippen LogP contribution in [0, 0.1) is 18.6 Å². The highest BCUT2D eigenvalue weighted by Crippen LogP contribution is 2.43. The van der Waals surface area contributed by atoms with Gasteiger partial charge in [-0.3, -0.25) is 9.48 Å². The van der Waals surface area contributed by atoms with Crippen LogP contribution in [0.1, 0.15) is 59.2 Å². The lowest BCUT2D eigenvalue weighted by molar-refractivity contribution is -0.155.